The highest BCUT2D eigenvalue weighted by Gasteiger charge is 2.19. The molecule has 0 bridgehead atoms. The number of rotatable bonds is 4. The van der Waals surface area contributed by atoms with E-state index in [1.165, 1.54) is 16.2 Å². The molecule has 2 aromatic rings. The first kappa shape index (κ1) is 13.5. The quantitative estimate of drug-likeness (QED) is 0.803. The lowest BCUT2D eigenvalue weighted by molar-refractivity contribution is -0.121. The second kappa shape index (κ2) is 5.80. The van der Waals surface area contributed by atoms with Crippen molar-refractivity contribution < 1.29 is 9.59 Å². The minimum absolute atomic E-state index is 0.199. The fraction of sp³-hybridized carbons (Fsp3) is 0.200. The van der Waals surface area contributed by atoms with Crippen LogP contribution in [0.15, 0.2) is 35.7 Å². The molecular weight excluding hydrogens is 258 g/mol. The van der Waals surface area contributed by atoms with Crippen LogP contribution in [0, 0.1) is 13.8 Å². The molecule has 1 heterocycles. The summed E-state index contributed by atoms with van der Waals surface area (Å²) in [4.78, 5) is 25.7. The van der Waals surface area contributed by atoms with Gasteiger partial charge in [-0.05, 0) is 36.4 Å². The van der Waals surface area contributed by atoms with Crippen LogP contribution in [0.4, 0.5) is 5.69 Å². The molecule has 1 aromatic heterocycles. The average molecular weight is 273 g/mol. The van der Waals surface area contributed by atoms with E-state index >= 15 is 0 Å². The Morgan fingerprint density at radius 2 is 1.89 bits per heavy atom. The Balaban J connectivity index is 2.29. The molecule has 0 aliphatic heterocycles. The molecule has 0 unspecified atom stereocenters. The minimum atomic E-state index is -0.199. The summed E-state index contributed by atoms with van der Waals surface area (Å²) < 4.78 is 0. The van der Waals surface area contributed by atoms with Crippen molar-refractivity contribution in [2.24, 2.45) is 0 Å². The summed E-state index contributed by atoms with van der Waals surface area (Å²) in [5.41, 5.74) is 2.54. The Morgan fingerprint density at radius 1 is 1.21 bits per heavy atom. The second-order valence-electron chi connectivity index (χ2n) is 4.37. The van der Waals surface area contributed by atoms with Crippen LogP contribution in [0.2, 0.25) is 0 Å². The molecule has 0 fully saturated rings. The summed E-state index contributed by atoms with van der Waals surface area (Å²) in [5.74, 6) is -0.199. The number of carbonyl (C=O) groups is 2. The number of nitrogens with zero attached hydrogens (tertiary/aromatic N) is 1. The van der Waals surface area contributed by atoms with Gasteiger partial charge in [0.1, 0.15) is 0 Å². The number of aryl methyl sites for hydroxylation is 2. The number of amides is 2. The predicted molar refractivity (Wildman–Crippen MR) is 77.5 cm³/mol. The zero-order valence-corrected chi connectivity index (χ0v) is 11.7. The van der Waals surface area contributed by atoms with E-state index in [9.17, 15) is 9.59 Å². The Morgan fingerprint density at radius 3 is 2.42 bits per heavy atom. The van der Waals surface area contributed by atoms with Crippen molar-refractivity contribution >= 4 is 29.3 Å². The van der Waals surface area contributed by atoms with E-state index in [-0.39, 0.29) is 12.3 Å². The van der Waals surface area contributed by atoms with Gasteiger partial charge >= 0.3 is 0 Å². The summed E-state index contributed by atoms with van der Waals surface area (Å²) in [6, 6.07) is 9.52. The zero-order chi connectivity index (χ0) is 13.8. The van der Waals surface area contributed by atoms with Crippen LogP contribution in [0.5, 0.6) is 0 Å². The number of hydrogen-bond acceptors (Lipinski definition) is 3. The summed E-state index contributed by atoms with van der Waals surface area (Å²) in [7, 11) is 0. The third-order valence-corrected chi connectivity index (χ3v) is 3.84. The molecular formula is C15H15NO2S. The first-order chi connectivity index (χ1) is 9.13. The van der Waals surface area contributed by atoms with Gasteiger partial charge in [-0.2, -0.15) is 0 Å². The van der Waals surface area contributed by atoms with Gasteiger partial charge in [-0.25, -0.2) is 0 Å². The van der Waals surface area contributed by atoms with Crippen molar-refractivity contribution in [2.45, 2.75) is 20.3 Å². The molecule has 0 spiro atoms. The number of carbonyl (C=O) groups excluding carboxylic acids is 2. The standard InChI is InChI=1S/C15H15NO2S/c1-11-5-3-6-12(2)15(11)16(10-17)14(18)9-13-7-4-8-19-13/h3-8,10H,9H2,1-2H3. The molecule has 0 aliphatic carbocycles. The highest BCUT2D eigenvalue weighted by molar-refractivity contribution is 7.10. The van der Waals surface area contributed by atoms with Crippen molar-refractivity contribution in [3.63, 3.8) is 0 Å². The Bertz CT molecular complexity index is 570. The SMILES string of the molecule is Cc1cccc(C)c1N(C=O)C(=O)Cc1cccs1. The molecule has 0 saturated heterocycles. The van der Waals surface area contributed by atoms with Crippen LogP contribution in [-0.4, -0.2) is 12.3 Å². The highest BCUT2D eigenvalue weighted by Crippen LogP contribution is 2.24. The highest BCUT2D eigenvalue weighted by atomic mass is 32.1. The van der Waals surface area contributed by atoms with Gasteiger partial charge in [-0.1, -0.05) is 24.3 Å². The van der Waals surface area contributed by atoms with Crippen LogP contribution < -0.4 is 4.90 Å². The maximum atomic E-state index is 12.2. The molecule has 0 aliphatic rings. The number of anilines is 1. The number of imide groups is 1. The molecule has 98 valence electrons. The topological polar surface area (TPSA) is 37.4 Å². The van der Waals surface area contributed by atoms with E-state index in [0.29, 0.717) is 12.1 Å². The van der Waals surface area contributed by atoms with Gasteiger partial charge in [0.05, 0.1) is 12.1 Å². The lowest BCUT2D eigenvalue weighted by atomic mass is 10.1. The van der Waals surface area contributed by atoms with Crippen LogP contribution >= 0.6 is 11.3 Å². The molecule has 19 heavy (non-hydrogen) atoms. The smallest absolute Gasteiger partial charge is 0.238 e. The predicted octanol–water partition coefficient (Wildman–Crippen LogP) is 3.10. The van der Waals surface area contributed by atoms with Gasteiger partial charge in [0.25, 0.3) is 0 Å². The third kappa shape index (κ3) is 2.90. The van der Waals surface area contributed by atoms with Crippen molar-refractivity contribution in [1.29, 1.82) is 0 Å². The Labute approximate surface area is 116 Å². The van der Waals surface area contributed by atoms with E-state index in [1.807, 2.05) is 49.6 Å². The largest absolute Gasteiger partial charge is 0.278 e. The molecule has 0 atom stereocenters. The summed E-state index contributed by atoms with van der Waals surface area (Å²) in [6.07, 6.45) is 0.857. The number of benzene rings is 1. The molecule has 2 rings (SSSR count). The molecule has 1 aromatic carbocycles. The van der Waals surface area contributed by atoms with Crippen molar-refractivity contribution in [1.82, 2.24) is 0 Å². The van der Waals surface area contributed by atoms with Gasteiger partial charge in [0.2, 0.25) is 12.3 Å². The van der Waals surface area contributed by atoms with Crippen molar-refractivity contribution in [3.8, 4) is 0 Å². The number of para-hydroxylation sites is 1. The fourth-order valence-electron chi connectivity index (χ4n) is 2.07. The van der Waals surface area contributed by atoms with Crippen molar-refractivity contribution in [3.05, 3.63) is 51.7 Å². The van der Waals surface area contributed by atoms with Crippen LogP contribution in [0.1, 0.15) is 16.0 Å². The summed E-state index contributed by atoms with van der Waals surface area (Å²) >= 11 is 1.52. The first-order valence-corrected chi connectivity index (χ1v) is 6.87. The maximum Gasteiger partial charge on any atom is 0.238 e. The lowest BCUT2D eigenvalue weighted by Crippen LogP contribution is -2.31. The van der Waals surface area contributed by atoms with E-state index < -0.39 is 0 Å². The van der Waals surface area contributed by atoms with Gasteiger partial charge in [-0.15, -0.1) is 11.3 Å². The molecule has 4 heteroatoms. The van der Waals surface area contributed by atoms with Gasteiger partial charge in [-0.3, -0.25) is 14.5 Å². The van der Waals surface area contributed by atoms with Gasteiger partial charge < -0.3 is 0 Å². The summed E-state index contributed by atoms with van der Waals surface area (Å²) in [5, 5.41) is 1.92. The van der Waals surface area contributed by atoms with Gasteiger partial charge in [0.15, 0.2) is 0 Å². The van der Waals surface area contributed by atoms with E-state index in [0.717, 1.165) is 16.0 Å². The number of hydrogen-bond donors (Lipinski definition) is 0. The average Bonchev–Trinajstić information content (AvgIpc) is 2.86. The van der Waals surface area contributed by atoms with Crippen molar-refractivity contribution in [2.75, 3.05) is 4.90 Å². The molecule has 3 nitrogen and oxygen atoms in total. The molecule has 0 N–H and O–H groups in total. The van der Waals surface area contributed by atoms with Crippen LogP contribution in [0.3, 0.4) is 0 Å². The molecule has 2 amide bonds. The molecule has 0 saturated carbocycles. The van der Waals surface area contributed by atoms with Crippen LogP contribution in [-0.2, 0) is 16.0 Å². The number of thiophene rings is 1. The monoisotopic (exact) mass is 273 g/mol. The molecule has 0 radical (unpaired) electrons. The van der Waals surface area contributed by atoms with Gasteiger partial charge in [0, 0.05) is 4.88 Å². The lowest BCUT2D eigenvalue weighted by Gasteiger charge is -2.19. The second-order valence-corrected chi connectivity index (χ2v) is 5.40. The van der Waals surface area contributed by atoms with E-state index in [2.05, 4.69) is 0 Å². The zero-order valence-electron chi connectivity index (χ0n) is 10.9. The van der Waals surface area contributed by atoms with E-state index in [1.54, 1.807) is 0 Å². The van der Waals surface area contributed by atoms with Crippen LogP contribution in [0.25, 0.3) is 0 Å². The maximum absolute atomic E-state index is 12.2. The third-order valence-electron chi connectivity index (χ3n) is 2.96. The summed E-state index contributed by atoms with van der Waals surface area (Å²) in [6.45, 7) is 3.80. The minimum Gasteiger partial charge on any atom is -0.278 e. The fourth-order valence-corrected chi connectivity index (χ4v) is 2.77. The first-order valence-electron chi connectivity index (χ1n) is 5.99. The normalized spacial score (nSPS) is 10.2. The Kier molecular flexibility index (Phi) is 4.12. The Hall–Kier alpha value is -1.94. The van der Waals surface area contributed by atoms with E-state index in [4.69, 9.17) is 0 Å².